The highest BCUT2D eigenvalue weighted by Crippen LogP contribution is 2.18. The summed E-state index contributed by atoms with van der Waals surface area (Å²) in [4.78, 5) is 12.2. The van der Waals surface area contributed by atoms with Crippen molar-refractivity contribution in [3.05, 3.63) is 82.5 Å². The van der Waals surface area contributed by atoms with Gasteiger partial charge in [0.25, 0.3) is 5.91 Å². The third-order valence-electron chi connectivity index (χ3n) is 3.92. The summed E-state index contributed by atoms with van der Waals surface area (Å²) < 4.78 is 5.32. The molecule has 2 N–H and O–H groups in total. The lowest BCUT2D eigenvalue weighted by Gasteiger charge is -2.10. The van der Waals surface area contributed by atoms with Gasteiger partial charge in [-0.15, -0.1) is 10.2 Å². The van der Waals surface area contributed by atoms with Gasteiger partial charge in [-0.05, 0) is 35.9 Å². The van der Waals surface area contributed by atoms with Crippen molar-refractivity contribution in [2.24, 2.45) is 0 Å². The van der Waals surface area contributed by atoms with E-state index in [9.17, 15) is 4.79 Å². The van der Waals surface area contributed by atoms with Gasteiger partial charge >= 0.3 is 0 Å². The maximum absolute atomic E-state index is 12.2. The van der Waals surface area contributed by atoms with Gasteiger partial charge in [0, 0.05) is 23.7 Å². The molecule has 0 aliphatic heterocycles. The van der Waals surface area contributed by atoms with Crippen LogP contribution in [0.1, 0.15) is 21.6 Å². The highest BCUT2D eigenvalue weighted by molar-refractivity contribution is 6.30. The topological polar surface area (TPSA) is 76.1 Å². The van der Waals surface area contributed by atoms with Gasteiger partial charge in [0.05, 0.1) is 7.11 Å². The van der Waals surface area contributed by atoms with Crippen molar-refractivity contribution in [1.82, 2.24) is 15.5 Å². The summed E-state index contributed by atoms with van der Waals surface area (Å²) in [5.74, 6) is 1.10. The van der Waals surface area contributed by atoms with Gasteiger partial charge in [0.15, 0.2) is 5.69 Å². The number of ether oxygens (including phenoxy) is 1. The summed E-state index contributed by atoms with van der Waals surface area (Å²) in [5.41, 5.74) is 2.22. The Labute approximate surface area is 162 Å². The van der Waals surface area contributed by atoms with Crippen LogP contribution in [0.5, 0.6) is 5.75 Å². The van der Waals surface area contributed by atoms with E-state index in [1.165, 1.54) is 0 Å². The highest BCUT2D eigenvalue weighted by Gasteiger charge is 2.08. The van der Waals surface area contributed by atoms with Crippen LogP contribution in [0.25, 0.3) is 0 Å². The number of methoxy groups -OCH3 is 1. The molecular formula is C20H19ClN4O2. The third kappa shape index (κ3) is 5.18. The van der Waals surface area contributed by atoms with Crippen molar-refractivity contribution in [3.8, 4) is 5.75 Å². The Morgan fingerprint density at radius 3 is 2.48 bits per heavy atom. The van der Waals surface area contributed by atoms with Gasteiger partial charge in [0.2, 0.25) is 0 Å². The zero-order valence-corrected chi connectivity index (χ0v) is 15.5. The van der Waals surface area contributed by atoms with Crippen molar-refractivity contribution in [3.63, 3.8) is 0 Å². The Kier molecular flexibility index (Phi) is 6.22. The first kappa shape index (κ1) is 18.7. The molecule has 1 heterocycles. The Bertz CT molecular complexity index is 899. The average molecular weight is 383 g/mol. The lowest BCUT2D eigenvalue weighted by atomic mass is 10.2. The second kappa shape index (κ2) is 9.00. The zero-order chi connectivity index (χ0) is 19.1. The second-order valence-electron chi connectivity index (χ2n) is 5.78. The van der Waals surface area contributed by atoms with E-state index in [1.54, 1.807) is 31.4 Å². The standard InChI is InChI=1S/C20H19ClN4O2/c1-27-18-5-3-2-4-15(18)13-22-19-11-10-17(24-25-19)20(26)23-12-14-6-8-16(21)9-7-14/h2-11H,12-13H2,1H3,(H,22,25)(H,23,26). The number of hydrogen-bond donors (Lipinski definition) is 2. The summed E-state index contributed by atoms with van der Waals surface area (Å²) in [6, 6.07) is 18.4. The Morgan fingerprint density at radius 2 is 1.78 bits per heavy atom. The molecule has 0 radical (unpaired) electrons. The fourth-order valence-electron chi connectivity index (χ4n) is 2.46. The SMILES string of the molecule is COc1ccccc1CNc1ccc(C(=O)NCc2ccc(Cl)cc2)nn1. The fourth-order valence-corrected chi connectivity index (χ4v) is 2.58. The number of nitrogens with one attached hydrogen (secondary N) is 2. The molecule has 3 aromatic rings. The second-order valence-corrected chi connectivity index (χ2v) is 6.21. The number of amides is 1. The molecule has 7 heteroatoms. The normalized spacial score (nSPS) is 10.3. The van der Waals surface area contributed by atoms with E-state index in [0.29, 0.717) is 23.9 Å². The molecule has 1 aromatic heterocycles. The largest absolute Gasteiger partial charge is 0.496 e. The number of nitrogens with zero attached hydrogens (tertiary/aromatic N) is 2. The summed E-state index contributed by atoms with van der Waals surface area (Å²) in [7, 11) is 1.64. The number of carbonyl (C=O) groups excluding carboxylic acids is 1. The van der Waals surface area contributed by atoms with E-state index in [2.05, 4.69) is 20.8 Å². The summed E-state index contributed by atoms with van der Waals surface area (Å²) >= 11 is 5.85. The maximum atomic E-state index is 12.2. The molecule has 0 saturated heterocycles. The molecule has 0 aliphatic rings. The van der Waals surface area contributed by atoms with Crippen LogP contribution >= 0.6 is 11.6 Å². The van der Waals surface area contributed by atoms with Crippen LogP contribution in [0.2, 0.25) is 5.02 Å². The van der Waals surface area contributed by atoms with E-state index in [-0.39, 0.29) is 11.6 Å². The Balaban J connectivity index is 1.54. The number of para-hydroxylation sites is 1. The number of carbonyl (C=O) groups is 1. The lowest BCUT2D eigenvalue weighted by molar-refractivity contribution is 0.0945. The number of aromatic nitrogens is 2. The molecule has 1 amide bonds. The molecule has 0 unspecified atom stereocenters. The molecule has 2 aromatic carbocycles. The molecule has 0 atom stereocenters. The van der Waals surface area contributed by atoms with Gasteiger partial charge in [-0.2, -0.15) is 0 Å². The van der Waals surface area contributed by atoms with Crippen LogP contribution < -0.4 is 15.4 Å². The first-order valence-electron chi connectivity index (χ1n) is 8.38. The summed E-state index contributed by atoms with van der Waals surface area (Å²) in [6.45, 7) is 0.937. The van der Waals surface area contributed by atoms with E-state index in [4.69, 9.17) is 16.3 Å². The Morgan fingerprint density at radius 1 is 1.00 bits per heavy atom. The van der Waals surface area contributed by atoms with E-state index in [1.807, 2.05) is 36.4 Å². The van der Waals surface area contributed by atoms with Gasteiger partial charge in [0.1, 0.15) is 11.6 Å². The highest BCUT2D eigenvalue weighted by atomic mass is 35.5. The van der Waals surface area contributed by atoms with E-state index in [0.717, 1.165) is 16.9 Å². The summed E-state index contributed by atoms with van der Waals surface area (Å²) in [6.07, 6.45) is 0. The number of anilines is 1. The van der Waals surface area contributed by atoms with E-state index >= 15 is 0 Å². The molecule has 3 rings (SSSR count). The van der Waals surface area contributed by atoms with Crippen LogP contribution in [-0.4, -0.2) is 23.2 Å². The minimum atomic E-state index is -0.284. The van der Waals surface area contributed by atoms with Crippen LogP contribution in [0, 0.1) is 0 Å². The Hall–Kier alpha value is -3.12. The monoisotopic (exact) mass is 382 g/mol. The number of rotatable bonds is 7. The number of benzene rings is 2. The van der Waals surface area contributed by atoms with Crippen LogP contribution in [0.4, 0.5) is 5.82 Å². The maximum Gasteiger partial charge on any atom is 0.272 e. The predicted molar refractivity (Wildman–Crippen MR) is 105 cm³/mol. The van der Waals surface area contributed by atoms with Crippen molar-refractivity contribution in [2.75, 3.05) is 12.4 Å². The smallest absolute Gasteiger partial charge is 0.272 e. The third-order valence-corrected chi connectivity index (χ3v) is 4.17. The van der Waals surface area contributed by atoms with Crippen molar-refractivity contribution < 1.29 is 9.53 Å². The van der Waals surface area contributed by atoms with Crippen molar-refractivity contribution in [1.29, 1.82) is 0 Å². The quantitative estimate of drug-likeness (QED) is 0.651. The predicted octanol–water partition coefficient (Wildman–Crippen LogP) is 3.68. The average Bonchev–Trinajstić information content (AvgIpc) is 2.72. The van der Waals surface area contributed by atoms with Crippen LogP contribution in [0.15, 0.2) is 60.7 Å². The molecule has 0 fully saturated rings. The minimum Gasteiger partial charge on any atom is -0.496 e. The van der Waals surface area contributed by atoms with Crippen LogP contribution in [-0.2, 0) is 13.1 Å². The molecule has 0 saturated carbocycles. The zero-order valence-electron chi connectivity index (χ0n) is 14.8. The molecule has 0 spiro atoms. The van der Waals surface area contributed by atoms with Crippen LogP contribution in [0.3, 0.4) is 0 Å². The molecule has 0 aliphatic carbocycles. The minimum absolute atomic E-state index is 0.256. The number of hydrogen-bond acceptors (Lipinski definition) is 5. The first-order valence-corrected chi connectivity index (χ1v) is 8.75. The van der Waals surface area contributed by atoms with Gasteiger partial charge < -0.3 is 15.4 Å². The van der Waals surface area contributed by atoms with Crippen molar-refractivity contribution >= 4 is 23.3 Å². The van der Waals surface area contributed by atoms with Crippen molar-refractivity contribution in [2.45, 2.75) is 13.1 Å². The lowest BCUT2D eigenvalue weighted by Crippen LogP contribution is -2.24. The molecule has 27 heavy (non-hydrogen) atoms. The van der Waals surface area contributed by atoms with Gasteiger partial charge in [-0.1, -0.05) is 41.9 Å². The van der Waals surface area contributed by atoms with Gasteiger partial charge in [-0.3, -0.25) is 4.79 Å². The molecular weight excluding hydrogens is 364 g/mol. The molecule has 138 valence electrons. The molecule has 0 bridgehead atoms. The first-order chi connectivity index (χ1) is 13.2. The number of halogens is 1. The van der Waals surface area contributed by atoms with Gasteiger partial charge in [-0.25, -0.2) is 0 Å². The fraction of sp³-hybridized carbons (Fsp3) is 0.150. The van der Waals surface area contributed by atoms with E-state index < -0.39 is 0 Å². The summed E-state index contributed by atoms with van der Waals surface area (Å²) in [5, 5.41) is 14.7. The molecule has 6 nitrogen and oxygen atoms in total.